The van der Waals surface area contributed by atoms with Gasteiger partial charge in [-0.15, -0.1) is 0 Å². The molecule has 2 heterocycles. The summed E-state index contributed by atoms with van der Waals surface area (Å²) in [5.41, 5.74) is 2.65. The largest absolute Gasteiger partial charge is 0.495 e. The number of aromatic nitrogens is 3. The molecule has 1 aliphatic rings. The van der Waals surface area contributed by atoms with Crippen LogP contribution in [0.4, 0.5) is 17.5 Å². The number of carbonyl (C=O) groups is 1. The van der Waals surface area contributed by atoms with Gasteiger partial charge in [0.15, 0.2) is 0 Å². The Labute approximate surface area is 181 Å². The van der Waals surface area contributed by atoms with Gasteiger partial charge >= 0.3 is 5.97 Å². The van der Waals surface area contributed by atoms with Crippen molar-refractivity contribution in [3.8, 4) is 17.0 Å². The molecule has 3 aromatic rings. The lowest BCUT2D eigenvalue weighted by Crippen LogP contribution is -2.17. The molecule has 1 saturated carbocycles. The predicted octanol–water partition coefficient (Wildman–Crippen LogP) is 4.43. The zero-order valence-corrected chi connectivity index (χ0v) is 17.6. The molecular formula is C23H25N5O3. The number of methoxy groups -OCH3 is 2. The lowest BCUT2D eigenvalue weighted by atomic mass is 10.1. The van der Waals surface area contributed by atoms with Gasteiger partial charge in [-0.2, -0.15) is 4.98 Å². The average molecular weight is 419 g/mol. The number of carbonyl (C=O) groups excluding carboxylic acids is 1. The van der Waals surface area contributed by atoms with E-state index in [0.717, 1.165) is 24.1 Å². The van der Waals surface area contributed by atoms with Crippen LogP contribution in [0.2, 0.25) is 0 Å². The second kappa shape index (κ2) is 9.42. The van der Waals surface area contributed by atoms with Gasteiger partial charge in [-0.1, -0.05) is 12.8 Å². The summed E-state index contributed by atoms with van der Waals surface area (Å²) in [5.74, 6) is 1.29. The first-order chi connectivity index (χ1) is 15.2. The van der Waals surface area contributed by atoms with Crippen molar-refractivity contribution in [1.82, 2.24) is 15.0 Å². The fraction of sp³-hybridized carbons (Fsp3) is 0.304. The van der Waals surface area contributed by atoms with E-state index in [1.54, 1.807) is 37.7 Å². The van der Waals surface area contributed by atoms with Crippen molar-refractivity contribution >= 4 is 23.4 Å². The maximum absolute atomic E-state index is 12.0. The summed E-state index contributed by atoms with van der Waals surface area (Å²) in [6, 6.07) is 11.1. The number of pyridine rings is 1. The Hall–Kier alpha value is -3.68. The minimum Gasteiger partial charge on any atom is -0.495 e. The van der Waals surface area contributed by atoms with Crippen LogP contribution in [-0.2, 0) is 4.74 Å². The molecule has 0 bridgehead atoms. The van der Waals surface area contributed by atoms with Crippen molar-refractivity contribution in [2.75, 3.05) is 24.9 Å². The first kappa shape index (κ1) is 20.6. The summed E-state index contributed by atoms with van der Waals surface area (Å²) in [6.45, 7) is 0. The van der Waals surface area contributed by atoms with Gasteiger partial charge in [0, 0.05) is 30.1 Å². The van der Waals surface area contributed by atoms with Crippen LogP contribution in [0.3, 0.4) is 0 Å². The maximum atomic E-state index is 12.0. The molecule has 160 valence electrons. The van der Waals surface area contributed by atoms with E-state index in [9.17, 15) is 4.79 Å². The zero-order valence-electron chi connectivity index (χ0n) is 17.6. The molecule has 0 radical (unpaired) electrons. The van der Waals surface area contributed by atoms with Crippen molar-refractivity contribution in [2.24, 2.45) is 0 Å². The minimum absolute atomic E-state index is 0.370. The Balaban J connectivity index is 1.70. The van der Waals surface area contributed by atoms with E-state index in [-0.39, 0.29) is 0 Å². The number of nitrogens with zero attached hydrogens (tertiary/aromatic N) is 3. The highest BCUT2D eigenvalue weighted by atomic mass is 16.5. The Bertz CT molecular complexity index is 1050. The molecule has 0 saturated heterocycles. The summed E-state index contributed by atoms with van der Waals surface area (Å²) in [7, 11) is 2.93. The molecule has 0 aliphatic heterocycles. The van der Waals surface area contributed by atoms with Crippen LogP contribution in [0, 0.1) is 0 Å². The highest BCUT2D eigenvalue weighted by Crippen LogP contribution is 2.31. The van der Waals surface area contributed by atoms with Gasteiger partial charge in [-0.25, -0.2) is 9.78 Å². The van der Waals surface area contributed by atoms with Crippen LogP contribution in [0.5, 0.6) is 5.75 Å². The molecule has 1 fully saturated rings. The van der Waals surface area contributed by atoms with Crippen LogP contribution in [-0.4, -0.2) is 41.2 Å². The molecular weight excluding hydrogens is 394 g/mol. The lowest BCUT2D eigenvalue weighted by molar-refractivity contribution is 0.0600. The summed E-state index contributed by atoms with van der Waals surface area (Å²) >= 11 is 0. The second-order valence-corrected chi connectivity index (χ2v) is 7.36. The predicted molar refractivity (Wildman–Crippen MR) is 119 cm³/mol. The van der Waals surface area contributed by atoms with E-state index in [0.29, 0.717) is 34.8 Å². The number of anilines is 3. The molecule has 2 aromatic heterocycles. The fourth-order valence-corrected chi connectivity index (χ4v) is 3.68. The molecule has 1 aliphatic carbocycles. The lowest BCUT2D eigenvalue weighted by Gasteiger charge is -2.16. The maximum Gasteiger partial charge on any atom is 0.337 e. The number of hydrogen-bond donors (Lipinski definition) is 2. The van der Waals surface area contributed by atoms with Crippen LogP contribution in [0.15, 0.2) is 48.8 Å². The highest BCUT2D eigenvalue weighted by Gasteiger charge is 2.18. The van der Waals surface area contributed by atoms with E-state index in [2.05, 4.69) is 20.6 Å². The standard InChI is InChI=1S/C23H25N5O3/c1-30-20-10-9-15(22(29)31-2)12-19(20)26-21-13-18(16-6-5-11-24-14-16)27-23(28-21)25-17-7-3-4-8-17/h5-6,9-14,17H,3-4,7-8H2,1-2H3,(H2,25,26,27,28). The first-order valence-corrected chi connectivity index (χ1v) is 10.3. The first-order valence-electron chi connectivity index (χ1n) is 10.3. The normalized spacial score (nSPS) is 13.6. The van der Waals surface area contributed by atoms with Gasteiger partial charge in [0.2, 0.25) is 5.95 Å². The number of benzene rings is 1. The van der Waals surface area contributed by atoms with Crippen molar-refractivity contribution in [3.05, 3.63) is 54.4 Å². The SMILES string of the molecule is COC(=O)c1ccc(OC)c(Nc2cc(-c3cccnc3)nc(NC3CCCC3)n2)c1. The van der Waals surface area contributed by atoms with Gasteiger partial charge in [0.05, 0.1) is 31.2 Å². The Morgan fingerprint density at radius 2 is 1.94 bits per heavy atom. The zero-order chi connectivity index (χ0) is 21.6. The Kier molecular flexibility index (Phi) is 6.26. The van der Waals surface area contributed by atoms with Gasteiger partial charge in [0.1, 0.15) is 11.6 Å². The van der Waals surface area contributed by atoms with Crippen molar-refractivity contribution in [3.63, 3.8) is 0 Å². The van der Waals surface area contributed by atoms with Crippen LogP contribution in [0.1, 0.15) is 36.0 Å². The fourth-order valence-electron chi connectivity index (χ4n) is 3.68. The number of hydrogen-bond acceptors (Lipinski definition) is 8. The third-order valence-electron chi connectivity index (χ3n) is 5.26. The molecule has 8 heteroatoms. The Morgan fingerprint density at radius 3 is 2.65 bits per heavy atom. The summed E-state index contributed by atoms with van der Waals surface area (Å²) in [4.78, 5) is 25.5. The smallest absolute Gasteiger partial charge is 0.337 e. The quantitative estimate of drug-likeness (QED) is 0.543. The molecule has 0 amide bonds. The van der Waals surface area contributed by atoms with Gasteiger partial charge in [0.25, 0.3) is 0 Å². The minimum atomic E-state index is -0.423. The van der Waals surface area contributed by atoms with Crippen molar-refractivity contribution in [1.29, 1.82) is 0 Å². The van der Waals surface area contributed by atoms with Gasteiger partial charge < -0.3 is 20.1 Å². The number of esters is 1. The van der Waals surface area contributed by atoms with E-state index >= 15 is 0 Å². The third kappa shape index (κ3) is 4.91. The van der Waals surface area contributed by atoms with Crippen LogP contribution < -0.4 is 15.4 Å². The summed E-state index contributed by atoms with van der Waals surface area (Å²) < 4.78 is 10.3. The number of nitrogens with one attached hydrogen (secondary N) is 2. The monoisotopic (exact) mass is 419 g/mol. The number of rotatable bonds is 7. The molecule has 31 heavy (non-hydrogen) atoms. The van der Waals surface area contributed by atoms with Gasteiger partial charge in [-0.05, 0) is 43.2 Å². The third-order valence-corrected chi connectivity index (χ3v) is 5.26. The Morgan fingerprint density at radius 1 is 1.10 bits per heavy atom. The molecule has 8 nitrogen and oxygen atoms in total. The van der Waals surface area contributed by atoms with E-state index < -0.39 is 5.97 Å². The number of ether oxygens (including phenoxy) is 2. The van der Waals surface area contributed by atoms with E-state index in [1.165, 1.54) is 20.0 Å². The highest BCUT2D eigenvalue weighted by molar-refractivity contribution is 5.91. The molecule has 0 atom stereocenters. The molecule has 4 rings (SSSR count). The second-order valence-electron chi connectivity index (χ2n) is 7.36. The van der Waals surface area contributed by atoms with Crippen LogP contribution in [0.25, 0.3) is 11.3 Å². The van der Waals surface area contributed by atoms with E-state index in [1.807, 2.05) is 18.2 Å². The molecule has 0 spiro atoms. The molecule has 1 aromatic carbocycles. The summed E-state index contributed by atoms with van der Waals surface area (Å²) in [6.07, 6.45) is 8.14. The van der Waals surface area contributed by atoms with Gasteiger partial charge in [-0.3, -0.25) is 4.98 Å². The molecule has 2 N–H and O–H groups in total. The van der Waals surface area contributed by atoms with Crippen molar-refractivity contribution in [2.45, 2.75) is 31.7 Å². The van der Waals surface area contributed by atoms with Crippen LogP contribution >= 0.6 is 0 Å². The topological polar surface area (TPSA) is 98.3 Å². The summed E-state index contributed by atoms with van der Waals surface area (Å²) in [5, 5.41) is 6.73. The molecule has 0 unspecified atom stereocenters. The van der Waals surface area contributed by atoms with E-state index in [4.69, 9.17) is 14.5 Å². The average Bonchev–Trinajstić information content (AvgIpc) is 3.32. The van der Waals surface area contributed by atoms with Crippen molar-refractivity contribution < 1.29 is 14.3 Å².